The third-order valence-electron chi connectivity index (χ3n) is 3.06. The van der Waals surface area contributed by atoms with Crippen LogP contribution < -0.4 is 16.4 Å². The van der Waals surface area contributed by atoms with Crippen molar-refractivity contribution in [1.82, 2.24) is 4.98 Å². The number of aromatic nitrogens is 1. The van der Waals surface area contributed by atoms with Crippen molar-refractivity contribution in [3.63, 3.8) is 0 Å². The molecule has 1 aromatic heterocycles. The average Bonchev–Trinajstić information content (AvgIpc) is 3.10. The number of halogens is 1. The first kappa shape index (κ1) is 13.8. The Morgan fingerprint density at radius 1 is 1.43 bits per heavy atom. The van der Waals surface area contributed by atoms with Crippen LogP contribution in [0.2, 0.25) is 0 Å². The highest BCUT2D eigenvalue weighted by Gasteiger charge is 2.24. The van der Waals surface area contributed by atoms with E-state index in [0.29, 0.717) is 21.7 Å². The molecule has 1 fully saturated rings. The van der Waals surface area contributed by atoms with Crippen LogP contribution in [0, 0.1) is 12.7 Å². The molecular formula is C14H15FN4OS. The Balaban J connectivity index is 1.76. The fourth-order valence-electron chi connectivity index (χ4n) is 1.96. The molecule has 7 heteroatoms. The first-order valence-corrected chi connectivity index (χ1v) is 7.44. The smallest absolute Gasteiger partial charge is 0.269 e. The molecule has 1 saturated carbocycles. The van der Waals surface area contributed by atoms with Gasteiger partial charge < -0.3 is 16.4 Å². The molecule has 1 amide bonds. The largest absolute Gasteiger partial charge is 0.382 e. The van der Waals surface area contributed by atoms with Crippen LogP contribution in [0.5, 0.6) is 0 Å². The predicted molar refractivity (Wildman–Crippen MR) is 82.3 cm³/mol. The van der Waals surface area contributed by atoms with Crippen molar-refractivity contribution in [2.45, 2.75) is 25.8 Å². The zero-order chi connectivity index (χ0) is 15.0. The van der Waals surface area contributed by atoms with Crippen molar-refractivity contribution in [3.05, 3.63) is 34.5 Å². The average molecular weight is 306 g/mol. The first-order chi connectivity index (χ1) is 10.0. The highest BCUT2D eigenvalue weighted by molar-refractivity contribution is 7.18. The fourth-order valence-corrected chi connectivity index (χ4v) is 2.81. The van der Waals surface area contributed by atoms with Gasteiger partial charge in [0.25, 0.3) is 5.91 Å². The summed E-state index contributed by atoms with van der Waals surface area (Å²) >= 11 is 1.21. The number of hydrogen-bond donors (Lipinski definition) is 3. The van der Waals surface area contributed by atoms with Gasteiger partial charge in [0.15, 0.2) is 5.13 Å². The van der Waals surface area contributed by atoms with Crippen LogP contribution in [0.15, 0.2) is 18.2 Å². The van der Waals surface area contributed by atoms with E-state index in [1.54, 1.807) is 13.0 Å². The molecule has 21 heavy (non-hydrogen) atoms. The number of nitrogen functional groups attached to an aromatic ring is 1. The van der Waals surface area contributed by atoms with Gasteiger partial charge in [-0.25, -0.2) is 9.37 Å². The second-order valence-electron chi connectivity index (χ2n) is 5.12. The second kappa shape index (κ2) is 5.33. The SMILES string of the molecule is Cc1cc(F)cc(NC(=O)c2sc(NC3CC3)nc2N)c1. The quantitative estimate of drug-likeness (QED) is 0.811. The van der Waals surface area contributed by atoms with E-state index in [1.165, 1.54) is 23.5 Å². The van der Waals surface area contributed by atoms with E-state index in [9.17, 15) is 9.18 Å². The highest BCUT2D eigenvalue weighted by atomic mass is 32.1. The monoisotopic (exact) mass is 306 g/mol. The summed E-state index contributed by atoms with van der Waals surface area (Å²) in [6.07, 6.45) is 2.23. The van der Waals surface area contributed by atoms with E-state index in [4.69, 9.17) is 5.73 Å². The number of rotatable bonds is 4. The van der Waals surface area contributed by atoms with Crippen LogP contribution in [0.25, 0.3) is 0 Å². The van der Waals surface area contributed by atoms with E-state index < -0.39 is 5.82 Å². The van der Waals surface area contributed by atoms with E-state index in [-0.39, 0.29) is 11.7 Å². The van der Waals surface area contributed by atoms with Crippen molar-refractivity contribution in [2.24, 2.45) is 0 Å². The standard InChI is InChI=1S/C14H15FN4OS/c1-7-4-8(15)6-10(5-7)17-13(20)11-12(16)19-14(21-11)18-9-2-3-9/h4-6,9H,2-3,16H2,1H3,(H,17,20)(H,18,19). The molecule has 2 aromatic rings. The Hall–Kier alpha value is -2.15. The summed E-state index contributed by atoms with van der Waals surface area (Å²) in [7, 11) is 0. The topological polar surface area (TPSA) is 80.0 Å². The van der Waals surface area contributed by atoms with E-state index in [1.807, 2.05) is 0 Å². The lowest BCUT2D eigenvalue weighted by Gasteiger charge is -2.05. The highest BCUT2D eigenvalue weighted by Crippen LogP contribution is 2.31. The van der Waals surface area contributed by atoms with E-state index in [0.717, 1.165) is 18.4 Å². The van der Waals surface area contributed by atoms with Gasteiger partial charge in [-0.1, -0.05) is 11.3 Å². The molecule has 1 heterocycles. The number of nitrogens with zero attached hydrogens (tertiary/aromatic N) is 1. The number of amides is 1. The normalized spacial score (nSPS) is 14.0. The third kappa shape index (κ3) is 3.30. The van der Waals surface area contributed by atoms with Gasteiger partial charge in [-0.15, -0.1) is 0 Å². The number of hydrogen-bond acceptors (Lipinski definition) is 5. The predicted octanol–water partition coefficient (Wildman–Crippen LogP) is 3.00. The van der Waals surface area contributed by atoms with Gasteiger partial charge in [-0.05, 0) is 43.5 Å². The zero-order valence-corrected chi connectivity index (χ0v) is 12.3. The minimum atomic E-state index is -0.390. The lowest BCUT2D eigenvalue weighted by Crippen LogP contribution is -2.12. The summed E-state index contributed by atoms with van der Waals surface area (Å²) in [5.41, 5.74) is 6.92. The molecule has 4 N–H and O–H groups in total. The Morgan fingerprint density at radius 2 is 2.19 bits per heavy atom. The van der Waals surface area contributed by atoms with Crippen molar-refractivity contribution in [1.29, 1.82) is 0 Å². The van der Waals surface area contributed by atoms with E-state index >= 15 is 0 Å². The number of thiazole rings is 1. The second-order valence-corrected chi connectivity index (χ2v) is 6.12. The van der Waals surface area contributed by atoms with Crippen molar-refractivity contribution in [2.75, 3.05) is 16.4 Å². The summed E-state index contributed by atoms with van der Waals surface area (Å²) < 4.78 is 13.3. The van der Waals surface area contributed by atoms with Crippen LogP contribution in [0.4, 0.5) is 21.0 Å². The number of anilines is 3. The number of nitrogens with one attached hydrogen (secondary N) is 2. The molecule has 0 unspecified atom stereocenters. The van der Waals surface area contributed by atoms with Gasteiger partial charge in [0.1, 0.15) is 16.5 Å². The maximum Gasteiger partial charge on any atom is 0.269 e. The molecule has 0 spiro atoms. The van der Waals surface area contributed by atoms with Crippen molar-refractivity contribution < 1.29 is 9.18 Å². The van der Waals surface area contributed by atoms with Crippen LogP contribution >= 0.6 is 11.3 Å². The molecule has 5 nitrogen and oxygen atoms in total. The lowest BCUT2D eigenvalue weighted by molar-refractivity contribution is 0.103. The Bertz CT molecular complexity index is 676. The van der Waals surface area contributed by atoms with Crippen LogP contribution in [-0.2, 0) is 0 Å². The summed E-state index contributed by atoms with van der Waals surface area (Å²) in [5.74, 6) is -0.578. The number of carbonyl (C=O) groups is 1. The number of benzene rings is 1. The summed E-state index contributed by atoms with van der Waals surface area (Å²) in [6, 6.07) is 4.80. The van der Waals surface area contributed by atoms with Crippen LogP contribution in [0.1, 0.15) is 28.1 Å². The van der Waals surface area contributed by atoms with Crippen molar-refractivity contribution >= 4 is 33.9 Å². The molecule has 3 rings (SSSR count). The molecule has 0 aliphatic heterocycles. The zero-order valence-electron chi connectivity index (χ0n) is 11.4. The molecule has 1 aliphatic carbocycles. The van der Waals surface area contributed by atoms with Gasteiger partial charge in [0.05, 0.1) is 0 Å². The summed E-state index contributed by atoms with van der Waals surface area (Å²) in [4.78, 5) is 16.7. The fraction of sp³-hybridized carbons (Fsp3) is 0.286. The summed E-state index contributed by atoms with van der Waals surface area (Å²) in [5, 5.41) is 6.50. The van der Waals surface area contributed by atoms with Crippen LogP contribution in [-0.4, -0.2) is 16.9 Å². The van der Waals surface area contributed by atoms with E-state index in [2.05, 4.69) is 15.6 Å². The summed E-state index contributed by atoms with van der Waals surface area (Å²) in [6.45, 7) is 1.76. The van der Waals surface area contributed by atoms with Gasteiger partial charge >= 0.3 is 0 Å². The molecule has 0 radical (unpaired) electrons. The maximum absolute atomic E-state index is 13.3. The number of nitrogens with two attached hydrogens (primary N) is 1. The third-order valence-corrected chi connectivity index (χ3v) is 4.07. The molecule has 1 aliphatic rings. The Labute approximate surface area is 125 Å². The first-order valence-electron chi connectivity index (χ1n) is 6.62. The van der Waals surface area contributed by atoms with Crippen molar-refractivity contribution in [3.8, 4) is 0 Å². The molecule has 1 aromatic carbocycles. The Morgan fingerprint density at radius 3 is 2.86 bits per heavy atom. The molecular weight excluding hydrogens is 291 g/mol. The molecule has 110 valence electrons. The van der Waals surface area contributed by atoms with Crippen LogP contribution in [0.3, 0.4) is 0 Å². The minimum absolute atomic E-state index is 0.189. The maximum atomic E-state index is 13.3. The molecule has 0 bridgehead atoms. The number of carbonyl (C=O) groups excluding carboxylic acids is 1. The van der Waals surface area contributed by atoms with Gasteiger partial charge in [0.2, 0.25) is 0 Å². The lowest BCUT2D eigenvalue weighted by atomic mass is 10.2. The minimum Gasteiger partial charge on any atom is -0.382 e. The van der Waals surface area contributed by atoms with Gasteiger partial charge in [-0.3, -0.25) is 4.79 Å². The Kier molecular flexibility index (Phi) is 3.50. The van der Waals surface area contributed by atoms with Gasteiger partial charge in [-0.2, -0.15) is 0 Å². The van der Waals surface area contributed by atoms with Gasteiger partial charge in [0, 0.05) is 11.7 Å². The molecule has 0 atom stereocenters. The number of aryl methyl sites for hydroxylation is 1. The molecule has 0 saturated heterocycles.